The third-order valence-corrected chi connectivity index (χ3v) is 4.13. The van der Waals surface area contributed by atoms with Gasteiger partial charge in [0.25, 0.3) is 11.5 Å². The van der Waals surface area contributed by atoms with Crippen LogP contribution in [0.5, 0.6) is 0 Å². The van der Waals surface area contributed by atoms with Crippen molar-refractivity contribution < 1.29 is 4.79 Å². The molecule has 0 spiro atoms. The molecule has 6 nitrogen and oxygen atoms in total. The van der Waals surface area contributed by atoms with Crippen LogP contribution in [0.1, 0.15) is 49.5 Å². The lowest BCUT2D eigenvalue weighted by molar-refractivity contribution is 0.0949. The Morgan fingerprint density at radius 3 is 2.61 bits per heavy atom. The van der Waals surface area contributed by atoms with Crippen LogP contribution < -0.4 is 11.0 Å². The molecule has 0 saturated heterocycles. The fourth-order valence-corrected chi connectivity index (χ4v) is 2.87. The number of hydrogen-bond donors (Lipinski definition) is 1. The summed E-state index contributed by atoms with van der Waals surface area (Å²) >= 11 is 0. The van der Waals surface area contributed by atoms with Crippen molar-refractivity contribution in [3.05, 3.63) is 40.3 Å². The van der Waals surface area contributed by atoms with Gasteiger partial charge in [-0.25, -0.2) is 10.1 Å². The van der Waals surface area contributed by atoms with Crippen molar-refractivity contribution in [1.82, 2.24) is 15.2 Å². The molecule has 2 aromatic rings. The normalized spacial score (nSPS) is 14.7. The number of aromatic nitrogens is 2. The molecule has 0 atom stereocenters. The van der Waals surface area contributed by atoms with Crippen molar-refractivity contribution in [3.63, 3.8) is 0 Å². The molecule has 0 aliphatic heterocycles. The maximum Gasteiger partial charge on any atom is 0.292 e. The number of carbonyl (C=O) groups is 1. The molecule has 1 aromatic heterocycles. The van der Waals surface area contributed by atoms with Crippen LogP contribution in [-0.4, -0.2) is 21.4 Å². The molecule has 1 heterocycles. The van der Waals surface area contributed by atoms with Gasteiger partial charge >= 0.3 is 0 Å². The Morgan fingerprint density at radius 1 is 1.22 bits per heavy atom. The molecule has 0 bridgehead atoms. The van der Waals surface area contributed by atoms with Gasteiger partial charge in [0, 0.05) is 17.6 Å². The predicted octanol–water partition coefficient (Wildman–Crippen LogP) is 2.47. The number of aryl methyl sites for hydroxylation is 1. The average molecular weight is 312 g/mol. The lowest BCUT2D eigenvalue weighted by Crippen LogP contribution is -2.29. The van der Waals surface area contributed by atoms with Crippen LogP contribution in [-0.2, 0) is 6.54 Å². The van der Waals surface area contributed by atoms with Gasteiger partial charge in [-0.3, -0.25) is 9.59 Å². The van der Waals surface area contributed by atoms with Gasteiger partial charge in [-0.2, -0.15) is 10.2 Å². The summed E-state index contributed by atoms with van der Waals surface area (Å²) in [4.78, 5) is 24.8. The van der Waals surface area contributed by atoms with E-state index in [0.717, 1.165) is 31.4 Å². The number of hydrazone groups is 1. The highest BCUT2D eigenvalue weighted by molar-refractivity contribution is 6.05. The fourth-order valence-electron chi connectivity index (χ4n) is 2.87. The van der Waals surface area contributed by atoms with Crippen molar-refractivity contribution in [2.75, 3.05) is 0 Å². The van der Waals surface area contributed by atoms with Crippen molar-refractivity contribution >= 4 is 22.4 Å². The second-order valence-corrected chi connectivity index (χ2v) is 5.69. The molecule has 3 rings (SSSR count). The SMILES string of the molecule is CCn1nc(C(=O)NN=C2CCCCC2)c2ccccc2c1=O. The van der Waals surface area contributed by atoms with Gasteiger partial charge < -0.3 is 0 Å². The molecule has 1 N–H and O–H groups in total. The number of carbonyl (C=O) groups excluding carboxylic acids is 1. The van der Waals surface area contributed by atoms with Gasteiger partial charge in [0.1, 0.15) is 0 Å². The zero-order valence-corrected chi connectivity index (χ0v) is 13.2. The predicted molar refractivity (Wildman–Crippen MR) is 89.7 cm³/mol. The van der Waals surface area contributed by atoms with E-state index < -0.39 is 0 Å². The Labute approximate surface area is 134 Å². The molecule has 1 aliphatic rings. The van der Waals surface area contributed by atoms with Crippen LogP contribution in [0.3, 0.4) is 0 Å². The van der Waals surface area contributed by atoms with Crippen LogP contribution in [0.15, 0.2) is 34.2 Å². The van der Waals surface area contributed by atoms with Crippen LogP contribution >= 0.6 is 0 Å². The van der Waals surface area contributed by atoms with Crippen LogP contribution in [0.25, 0.3) is 10.8 Å². The van der Waals surface area contributed by atoms with E-state index in [0.29, 0.717) is 17.3 Å². The van der Waals surface area contributed by atoms with Crippen LogP contribution in [0.2, 0.25) is 0 Å². The first kappa shape index (κ1) is 15.4. The van der Waals surface area contributed by atoms with Crippen molar-refractivity contribution in [2.45, 2.75) is 45.6 Å². The Bertz CT molecular complexity index is 815. The minimum absolute atomic E-state index is 0.182. The van der Waals surface area contributed by atoms with E-state index in [9.17, 15) is 9.59 Å². The molecule has 6 heteroatoms. The topological polar surface area (TPSA) is 76.3 Å². The highest BCUT2D eigenvalue weighted by atomic mass is 16.2. The minimum Gasteiger partial charge on any atom is -0.267 e. The number of amides is 1. The summed E-state index contributed by atoms with van der Waals surface area (Å²) in [5.41, 5.74) is 3.68. The van der Waals surface area contributed by atoms with Crippen molar-refractivity contribution in [3.8, 4) is 0 Å². The van der Waals surface area contributed by atoms with E-state index in [4.69, 9.17) is 0 Å². The molecule has 0 radical (unpaired) electrons. The second kappa shape index (κ2) is 6.73. The van der Waals surface area contributed by atoms with Crippen molar-refractivity contribution in [1.29, 1.82) is 0 Å². The highest BCUT2D eigenvalue weighted by Crippen LogP contribution is 2.15. The van der Waals surface area contributed by atoms with Gasteiger partial charge in [-0.05, 0) is 38.7 Å². The Morgan fingerprint density at radius 2 is 1.91 bits per heavy atom. The summed E-state index contributed by atoms with van der Waals surface area (Å²) in [6.45, 7) is 2.24. The summed E-state index contributed by atoms with van der Waals surface area (Å²) in [7, 11) is 0. The zero-order chi connectivity index (χ0) is 16.2. The Balaban J connectivity index is 1.96. The fraction of sp³-hybridized carbons (Fsp3) is 0.412. The quantitative estimate of drug-likeness (QED) is 0.885. The van der Waals surface area contributed by atoms with E-state index in [1.807, 2.05) is 6.92 Å². The second-order valence-electron chi connectivity index (χ2n) is 5.69. The average Bonchev–Trinajstić information content (AvgIpc) is 2.61. The smallest absolute Gasteiger partial charge is 0.267 e. The van der Waals surface area contributed by atoms with Crippen molar-refractivity contribution in [2.24, 2.45) is 5.10 Å². The van der Waals surface area contributed by atoms with Gasteiger partial charge in [-0.15, -0.1) is 0 Å². The number of rotatable bonds is 3. The molecule has 1 aromatic carbocycles. The molecule has 1 amide bonds. The molecule has 0 unspecified atom stereocenters. The number of fused-ring (bicyclic) bond motifs is 1. The molecule has 120 valence electrons. The number of nitrogens with zero attached hydrogens (tertiary/aromatic N) is 3. The maximum atomic E-state index is 12.5. The maximum absolute atomic E-state index is 12.5. The van der Waals surface area contributed by atoms with E-state index in [1.165, 1.54) is 11.1 Å². The van der Waals surface area contributed by atoms with Gasteiger partial charge in [0.15, 0.2) is 5.69 Å². The molecular weight excluding hydrogens is 292 g/mol. The molecule has 1 aliphatic carbocycles. The molecular formula is C17H20N4O2. The summed E-state index contributed by atoms with van der Waals surface area (Å²) in [5, 5.41) is 9.50. The van der Waals surface area contributed by atoms with Crippen LogP contribution in [0.4, 0.5) is 0 Å². The first-order valence-corrected chi connectivity index (χ1v) is 8.06. The first-order chi connectivity index (χ1) is 11.2. The van der Waals surface area contributed by atoms with E-state index in [1.54, 1.807) is 24.3 Å². The van der Waals surface area contributed by atoms with E-state index >= 15 is 0 Å². The third-order valence-electron chi connectivity index (χ3n) is 4.13. The number of benzene rings is 1. The van der Waals surface area contributed by atoms with Gasteiger partial charge in [0.05, 0.1) is 5.39 Å². The van der Waals surface area contributed by atoms with E-state index in [-0.39, 0.29) is 17.2 Å². The summed E-state index contributed by atoms with van der Waals surface area (Å²) in [5.74, 6) is -0.374. The summed E-state index contributed by atoms with van der Waals surface area (Å²) < 4.78 is 1.31. The third kappa shape index (κ3) is 3.16. The largest absolute Gasteiger partial charge is 0.292 e. The summed E-state index contributed by atoms with van der Waals surface area (Å²) in [6.07, 6.45) is 5.33. The number of nitrogens with one attached hydrogen (secondary N) is 1. The monoisotopic (exact) mass is 312 g/mol. The molecule has 1 saturated carbocycles. The highest BCUT2D eigenvalue weighted by Gasteiger charge is 2.16. The minimum atomic E-state index is -0.374. The lowest BCUT2D eigenvalue weighted by Gasteiger charge is -2.12. The first-order valence-electron chi connectivity index (χ1n) is 8.06. The zero-order valence-electron chi connectivity index (χ0n) is 13.2. The van der Waals surface area contributed by atoms with Gasteiger partial charge in [-0.1, -0.05) is 24.6 Å². The van der Waals surface area contributed by atoms with Crippen LogP contribution in [0, 0.1) is 0 Å². The standard InChI is InChI=1S/C17H20N4O2/c1-2-21-17(23)14-11-7-6-10-13(14)15(20-21)16(22)19-18-12-8-4-3-5-9-12/h6-7,10-11H,2-5,8-9H2,1H3,(H,19,22). The Hall–Kier alpha value is -2.50. The number of hydrogen-bond acceptors (Lipinski definition) is 4. The summed E-state index contributed by atoms with van der Waals surface area (Å²) in [6, 6.07) is 7.04. The van der Waals surface area contributed by atoms with E-state index in [2.05, 4.69) is 15.6 Å². The van der Waals surface area contributed by atoms with Gasteiger partial charge in [0.2, 0.25) is 0 Å². The lowest BCUT2D eigenvalue weighted by atomic mass is 9.99. The molecule has 1 fully saturated rings. The molecule has 23 heavy (non-hydrogen) atoms. The Kier molecular flexibility index (Phi) is 4.50.